The van der Waals surface area contributed by atoms with E-state index >= 15 is 0 Å². The van der Waals surface area contributed by atoms with Gasteiger partial charge < -0.3 is 4.90 Å². The van der Waals surface area contributed by atoms with Gasteiger partial charge in [0.15, 0.2) is 0 Å². The second-order valence-electron chi connectivity index (χ2n) is 8.23. The Bertz CT molecular complexity index is 637. The number of carbonyl (C=O) groups is 3. The van der Waals surface area contributed by atoms with Crippen LogP contribution in [0.5, 0.6) is 0 Å². The van der Waals surface area contributed by atoms with Crippen LogP contribution in [0.4, 0.5) is 0 Å². The van der Waals surface area contributed by atoms with Gasteiger partial charge in [-0.2, -0.15) is 0 Å². The molecule has 0 unspecified atom stereocenters. The third-order valence-corrected chi connectivity index (χ3v) is 4.94. The van der Waals surface area contributed by atoms with E-state index in [2.05, 4.69) is 27.7 Å². The smallest absolute Gasteiger partial charge is 0.253 e. The quantitative estimate of drug-likeness (QED) is 0.618. The van der Waals surface area contributed by atoms with E-state index in [0.29, 0.717) is 30.2 Å². The number of hydrogen-bond acceptors (Lipinski definition) is 3. The lowest BCUT2D eigenvalue weighted by Gasteiger charge is -2.25. The molecule has 1 heterocycles. The van der Waals surface area contributed by atoms with E-state index in [1.807, 2.05) is 17.0 Å². The number of carbonyl (C=O) groups excluding carboxylic acids is 3. The predicted octanol–water partition coefficient (Wildman–Crippen LogP) is 3.87. The van der Waals surface area contributed by atoms with Crippen LogP contribution in [0, 0.1) is 11.8 Å². The molecule has 0 saturated carbocycles. The van der Waals surface area contributed by atoms with Gasteiger partial charge >= 0.3 is 0 Å². The fourth-order valence-electron chi connectivity index (χ4n) is 3.06. The van der Waals surface area contributed by atoms with Crippen LogP contribution in [0.15, 0.2) is 24.3 Å². The molecule has 0 radical (unpaired) electrons. The van der Waals surface area contributed by atoms with Gasteiger partial charge in [-0.05, 0) is 42.4 Å². The van der Waals surface area contributed by atoms with Crippen molar-refractivity contribution in [2.45, 2.75) is 59.9 Å². The minimum atomic E-state index is -0.117. The molecule has 1 fully saturated rings. The first-order valence-electron chi connectivity index (χ1n) is 9.99. The van der Waals surface area contributed by atoms with Crippen molar-refractivity contribution in [1.29, 1.82) is 0 Å². The summed E-state index contributed by atoms with van der Waals surface area (Å²) in [7, 11) is 0. The molecule has 0 atom stereocenters. The SMILES string of the molecule is CC(C)CCN(CCC(C)C)C(=O)c1ccc(CN2C(=O)CCC2=O)cc1. The molecular weight excluding hydrogens is 340 g/mol. The van der Waals surface area contributed by atoms with Gasteiger partial charge in [-0.15, -0.1) is 0 Å². The molecule has 5 nitrogen and oxygen atoms in total. The number of amides is 3. The van der Waals surface area contributed by atoms with Crippen molar-refractivity contribution in [2.24, 2.45) is 11.8 Å². The molecule has 5 heteroatoms. The van der Waals surface area contributed by atoms with Crippen molar-refractivity contribution < 1.29 is 14.4 Å². The summed E-state index contributed by atoms with van der Waals surface area (Å²) >= 11 is 0. The molecular formula is C22H32N2O3. The largest absolute Gasteiger partial charge is 0.339 e. The summed E-state index contributed by atoms with van der Waals surface area (Å²) in [5.41, 5.74) is 1.52. The average Bonchev–Trinajstić information content (AvgIpc) is 2.93. The monoisotopic (exact) mass is 372 g/mol. The molecule has 1 aromatic rings. The highest BCUT2D eigenvalue weighted by atomic mass is 16.2. The van der Waals surface area contributed by atoms with Gasteiger partial charge in [-0.25, -0.2) is 0 Å². The Labute approximate surface area is 162 Å². The predicted molar refractivity (Wildman–Crippen MR) is 106 cm³/mol. The zero-order valence-electron chi connectivity index (χ0n) is 17.0. The van der Waals surface area contributed by atoms with Crippen molar-refractivity contribution in [3.8, 4) is 0 Å². The van der Waals surface area contributed by atoms with E-state index < -0.39 is 0 Å². The first kappa shape index (κ1) is 21.1. The first-order chi connectivity index (χ1) is 12.8. The summed E-state index contributed by atoms with van der Waals surface area (Å²) < 4.78 is 0. The summed E-state index contributed by atoms with van der Waals surface area (Å²) in [5, 5.41) is 0. The number of benzene rings is 1. The summed E-state index contributed by atoms with van der Waals surface area (Å²) in [6.07, 6.45) is 2.58. The molecule has 0 N–H and O–H groups in total. The first-order valence-corrected chi connectivity index (χ1v) is 9.99. The molecule has 27 heavy (non-hydrogen) atoms. The maximum atomic E-state index is 12.9. The van der Waals surface area contributed by atoms with Crippen LogP contribution < -0.4 is 0 Å². The zero-order chi connectivity index (χ0) is 20.0. The molecule has 1 saturated heterocycles. The van der Waals surface area contributed by atoms with E-state index in [1.165, 1.54) is 4.90 Å². The lowest BCUT2D eigenvalue weighted by Crippen LogP contribution is -2.34. The second-order valence-corrected chi connectivity index (χ2v) is 8.23. The Morgan fingerprint density at radius 2 is 1.41 bits per heavy atom. The summed E-state index contributed by atoms with van der Waals surface area (Å²) in [4.78, 5) is 39.7. The number of rotatable bonds is 9. The molecule has 1 aliphatic heterocycles. The fourth-order valence-corrected chi connectivity index (χ4v) is 3.06. The van der Waals surface area contributed by atoms with Crippen molar-refractivity contribution in [1.82, 2.24) is 9.80 Å². The van der Waals surface area contributed by atoms with Crippen molar-refractivity contribution >= 4 is 17.7 Å². The van der Waals surface area contributed by atoms with Gasteiger partial charge in [0.05, 0.1) is 6.54 Å². The molecule has 0 bridgehead atoms. The lowest BCUT2D eigenvalue weighted by molar-refractivity contribution is -0.139. The van der Waals surface area contributed by atoms with Crippen LogP contribution in [0.3, 0.4) is 0 Å². The zero-order valence-corrected chi connectivity index (χ0v) is 17.0. The highest BCUT2D eigenvalue weighted by molar-refractivity contribution is 6.01. The molecule has 3 amide bonds. The average molecular weight is 373 g/mol. The Kier molecular flexibility index (Phi) is 7.57. The van der Waals surface area contributed by atoms with Crippen molar-refractivity contribution in [2.75, 3.05) is 13.1 Å². The van der Waals surface area contributed by atoms with Gasteiger partial charge in [0.1, 0.15) is 0 Å². The summed E-state index contributed by atoms with van der Waals surface area (Å²) in [6, 6.07) is 7.30. The van der Waals surface area contributed by atoms with Crippen LogP contribution in [0.25, 0.3) is 0 Å². The standard InChI is InChI=1S/C22H32N2O3/c1-16(2)11-13-23(14-12-17(3)4)22(27)19-7-5-18(6-8-19)15-24-20(25)9-10-21(24)26/h5-8,16-17H,9-15H2,1-4H3. The highest BCUT2D eigenvalue weighted by Crippen LogP contribution is 2.17. The number of hydrogen-bond donors (Lipinski definition) is 0. The second kappa shape index (κ2) is 9.67. The number of imide groups is 1. The maximum Gasteiger partial charge on any atom is 0.253 e. The number of nitrogens with zero attached hydrogens (tertiary/aromatic N) is 2. The molecule has 1 aliphatic rings. The van der Waals surface area contributed by atoms with Crippen molar-refractivity contribution in [3.05, 3.63) is 35.4 Å². The van der Waals surface area contributed by atoms with Crippen LogP contribution in [-0.2, 0) is 16.1 Å². The Balaban J connectivity index is 2.04. The van der Waals surface area contributed by atoms with Crippen LogP contribution in [0.1, 0.15) is 69.3 Å². The fraction of sp³-hybridized carbons (Fsp3) is 0.591. The van der Waals surface area contributed by atoms with E-state index in [0.717, 1.165) is 31.5 Å². The van der Waals surface area contributed by atoms with E-state index in [1.54, 1.807) is 12.1 Å². The molecule has 0 aromatic heterocycles. The van der Waals surface area contributed by atoms with Gasteiger partial charge in [-0.3, -0.25) is 19.3 Å². The molecule has 1 aromatic carbocycles. The normalized spacial score (nSPS) is 14.5. The van der Waals surface area contributed by atoms with Gasteiger partial charge in [0, 0.05) is 31.5 Å². The molecule has 148 valence electrons. The Hall–Kier alpha value is -2.17. The maximum absolute atomic E-state index is 12.9. The van der Waals surface area contributed by atoms with E-state index in [-0.39, 0.29) is 24.3 Å². The van der Waals surface area contributed by atoms with Gasteiger partial charge in [0.2, 0.25) is 11.8 Å². The van der Waals surface area contributed by atoms with Gasteiger partial charge in [0.25, 0.3) is 5.91 Å². The van der Waals surface area contributed by atoms with E-state index in [9.17, 15) is 14.4 Å². The summed E-state index contributed by atoms with van der Waals surface area (Å²) in [6.45, 7) is 10.5. The highest BCUT2D eigenvalue weighted by Gasteiger charge is 2.28. The van der Waals surface area contributed by atoms with Crippen LogP contribution in [0.2, 0.25) is 0 Å². The third kappa shape index (κ3) is 6.19. The minimum absolute atomic E-state index is 0.0520. The van der Waals surface area contributed by atoms with Crippen molar-refractivity contribution in [3.63, 3.8) is 0 Å². The molecule has 0 spiro atoms. The lowest BCUT2D eigenvalue weighted by atomic mass is 10.1. The minimum Gasteiger partial charge on any atom is -0.339 e. The Morgan fingerprint density at radius 3 is 1.85 bits per heavy atom. The van der Waals surface area contributed by atoms with E-state index in [4.69, 9.17) is 0 Å². The number of likely N-dealkylation sites (tertiary alicyclic amines) is 1. The van der Waals surface area contributed by atoms with Crippen LogP contribution in [-0.4, -0.2) is 40.6 Å². The summed E-state index contributed by atoms with van der Waals surface area (Å²) in [5.74, 6) is 0.924. The van der Waals surface area contributed by atoms with Crippen LogP contribution >= 0.6 is 0 Å². The Morgan fingerprint density at radius 1 is 0.926 bits per heavy atom. The van der Waals surface area contributed by atoms with Gasteiger partial charge in [-0.1, -0.05) is 39.8 Å². The third-order valence-electron chi connectivity index (χ3n) is 4.94. The molecule has 2 rings (SSSR count). The molecule has 0 aliphatic carbocycles. The topological polar surface area (TPSA) is 57.7 Å².